The van der Waals surface area contributed by atoms with Crippen molar-refractivity contribution in [3.63, 3.8) is 0 Å². The number of rotatable bonds is 3. The number of hydrogen-bond acceptors (Lipinski definition) is 6. The summed E-state index contributed by atoms with van der Waals surface area (Å²) in [7, 11) is 0. The molecule has 1 aromatic carbocycles. The Kier molecular flexibility index (Phi) is 5.65. The number of piperidine rings is 1. The Bertz CT molecular complexity index is 1490. The van der Waals surface area contributed by atoms with Crippen LogP contribution in [0.4, 0.5) is 5.82 Å². The zero-order valence-electron chi connectivity index (χ0n) is 18.8. The minimum atomic E-state index is 0.0116. The number of benzene rings is 1. The third kappa shape index (κ3) is 3.68. The van der Waals surface area contributed by atoms with Crippen molar-refractivity contribution in [3.05, 3.63) is 81.9 Å². The summed E-state index contributed by atoms with van der Waals surface area (Å²) < 4.78 is 2.06. The van der Waals surface area contributed by atoms with E-state index in [9.17, 15) is 5.26 Å². The number of anilines is 1. The quantitative estimate of drug-likeness (QED) is 0.361. The Hall–Kier alpha value is -2.76. The molecule has 2 aliphatic rings. The van der Waals surface area contributed by atoms with Gasteiger partial charge in [-0.1, -0.05) is 47.1 Å². The summed E-state index contributed by atoms with van der Waals surface area (Å²) in [5.74, 6) is 0.965. The number of aromatic nitrogens is 3. The Morgan fingerprint density at radius 1 is 1.11 bits per heavy atom. The third-order valence-electron chi connectivity index (χ3n) is 7.38. The Balaban J connectivity index is 1.32. The van der Waals surface area contributed by atoms with Crippen molar-refractivity contribution in [3.8, 4) is 6.07 Å². The number of hydrogen-bond donors (Lipinski definition) is 1. The van der Waals surface area contributed by atoms with Gasteiger partial charge in [0.15, 0.2) is 5.65 Å². The topological polar surface area (TPSA) is 83.2 Å². The van der Waals surface area contributed by atoms with Gasteiger partial charge in [0, 0.05) is 48.3 Å². The molecule has 35 heavy (non-hydrogen) atoms. The SMILES string of the molecule is N#Cc1cc(N2CCC3(CC2)Cc2ncccc2[C@H]3N)n2ccnc2c1Sc1cccc(Cl)c1Cl. The molecule has 2 N–H and O–H groups in total. The lowest BCUT2D eigenvalue weighted by Crippen LogP contribution is -2.44. The fourth-order valence-electron chi connectivity index (χ4n) is 5.46. The second kappa shape index (κ2) is 8.72. The first-order chi connectivity index (χ1) is 17.0. The first-order valence-electron chi connectivity index (χ1n) is 11.5. The van der Waals surface area contributed by atoms with Crippen LogP contribution >= 0.6 is 35.0 Å². The van der Waals surface area contributed by atoms with Crippen LogP contribution in [0.1, 0.15) is 35.7 Å². The second-order valence-corrected chi connectivity index (χ2v) is 11.0. The molecule has 0 amide bonds. The van der Waals surface area contributed by atoms with Crippen molar-refractivity contribution < 1.29 is 0 Å². The summed E-state index contributed by atoms with van der Waals surface area (Å²) in [5, 5.41) is 11.0. The summed E-state index contributed by atoms with van der Waals surface area (Å²) in [6.07, 6.45) is 8.44. The number of nitrogens with two attached hydrogens (primary N) is 1. The van der Waals surface area contributed by atoms with Crippen molar-refractivity contribution in [1.29, 1.82) is 5.26 Å². The Morgan fingerprint density at radius 3 is 2.71 bits per heavy atom. The molecule has 1 atom stereocenters. The average Bonchev–Trinajstić information content (AvgIpc) is 3.47. The van der Waals surface area contributed by atoms with Gasteiger partial charge in [0.05, 0.1) is 20.5 Å². The maximum atomic E-state index is 10.0. The predicted octanol–water partition coefficient (Wildman–Crippen LogP) is 5.90. The van der Waals surface area contributed by atoms with Crippen LogP contribution in [0, 0.1) is 16.7 Å². The molecule has 4 heterocycles. The number of nitrogens with zero attached hydrogens (tertiary/aromatic N) is 5. The number of imidazole rings is 1. The van der Waals surface area contributed by atoms with Crippen LogP contribution in [-0.4, -0.2) is 27.5 Å². The van der Waals surface area contributed by atoms with Gasteiger partial charge in [-0.3, -0.25) is 9.38 Å². The van der Waals surface area contributed by atoms with Crippen molar-refractivity contribution in [2.45, 2.75) is 35.1 Å². The summed E-state index contributed by atoms with van der Waals surface area (Å²) >= 11 is 14.1. The molecule has 1 fully saturated rings. The zero-order valence-corrected chi connectivity index (χ0v) is 21.1. The molecule has 3 aromatic heterocycles. The third-order valence-corrected chi connectivity index (χ3v) is 9.48. The number of pyridine rings is 2. The molecular formula is C26H22Cl2N6S. The standard InChI is InChI=1S/C26H22Cl2N6S/c27-18-4-1-5-20(22(18)28)35-23-16(15-29)13-21(34-12-9-32-25(23)34)33-10-6-26(7-11-33)14-19-17(24(26)30)3-2-8-31-19/h1-5,8-9,12-13,24H,6-7,10-11,14,30H2/t24-/m1/s1. The first kappa shape index (κ1) is 22.7. The van der Waals surface area contributed by atoms with Crippen LogP contribution in [0.15, 0.2) is 64.8 Å². The van der Waals surface area contributed by atoms with E-state index >= 15 is 0 Å². The highest BCUT2D eigenvalue weighted by Crippen LogP contribution is 2.50. The monoisotopic (exact) mass is 520 g/mol. The Morgan fingerprint density at radius 2 is 1.94 bits per heavy atom. The molecule has 6 nitrogen and oxygen atoms in total. The minimum Gasteiger partial charge on any atom is -0.358 e. The maximum absolute atomic E-state index is 10.0. The van der Waals surface area contributed by atoms with Crippen molar-refractivity contribution in [2.24, 2.45) is 11.1 Å². The summed E-state index contributed by atoms with van der Waals surface area (Å²) in [6.45, 7) is 1.71. The van der Waals surface area contributed by atoms with Gasteiger partial charge >= 0.3 is 0 Å². The van der Waals surface area contributed by atoms with E-state index in [-0.39, 0.29) is 11.5 Å². The lowest BCUT2D eigenvalue weighted by atomic mass is 9.73. The molecule has 4 aromatic rings. The fraction of sp³-hybridized carbons (Fsp3) is 0.269. The van der Waals surface area contributed by atoms with Crippen LogP contribution in [0.3, 0.4) is 0 Å². The molecule has 0 unspecified atom stereocenters. The normalized spacial score (nSPS) is 18.7. The molecule has 1 aliphatic carbocycles. The van der Waals surface area contributed by atoms with E-state index in [2.05, 4.69) is 31.4 Å². The Labute approximate surface area is 217 Å². The maximum Gasteiger partial charge on any atom is 0.153 e. The van der Waals surface area contributed by atoms with E-state index in [1.807, 2.05) is 36.7 Å². The molecule has 0 radical (unpaired) electrons. The van der Waals surface area contributed by atoms with E-state index in [0.717, 1.165) is 59.3 Å². The van der Waals surface area contributed by atoms with Crippen LogP contribution < -0.4 is 10.6 Å². The van der Waals surface area contributed by atoms with E-state index in [1.54, 1.807) is 12.3 Å². The lowest BCUT2D eigenvalue weighted by Gasteiger charge is -2.43. The highest BCUT2D eigenvalue weighted by atomic mass is 35.5. The molecular weight excluding hydrogens is 499 g/mol. The van der Waals surface area contributed by atoms with Crippen molar-refractivity contribution >= 4 is 46.4 Å². The average molecular weight is 521 g/mol. The largest absolute Gasteiger partial charge is 0.358 e. The summed E-state index contributed by atoms with van der Waals surface area (Å²) in [5.41, 5.74) is 10.4. The highest BCUT2D eigenvalue weighted by Gasteiger charge is 2.46. The van der Waals surface area contributed by atoms with Gasteiger partial charge in [0.2, 0.25) is 0 Å². The van der Waals surface area contributed by atoms with Gasteiger partial charge in [-0.05, 0) is 54.5 Å². The van der Waals surface area contributed by atoms with E-state index < -0.39 is 0 Å². The molecule has 176 valence electrons. The van der Waals surface area contributed by atoms with Crippen LogP contribution in [0.25, 0.3) is 5.65 Å². The van der Waals surface area contributed by atoms with Gasteiger partial charge in [0.1, 0.15) is 11.9 Å². The van der Waals surface area contributed by atoms with Crippen molar-refractivity contribution in [1.82, 2.24) is 14.4 Å². The minimum absolute atomic E-state index is 0.0116. The first-order valence-corrected chi connectivity index (χ1v) is 13.0. The smallest absolute Gasteiger partial charge is 0.153 e. The predicted molar refractivity (Wildman–Crippen MR) is 139 cm³/mol. The van der Waals surface area contributed by atoms with Gasteiger partial charge in [-0.25, -0.2) is 4.98 Å². The molecule has 1 saturated heterocycles. The van der Waals surface area contributed by atoms with Gasteiger partial charge < -0.3 is 10.6 Å². The fourth-order valence-corrected chi connectivity index (χ4v) is 6.96. The van der Waals surface area contributed by atoms with Crippen molar-refractivity contribution in [2.75, 3.05) is 18.0 Å². The number of halogens is 2. The van der Waals surface area contributed by atoms with Gasteiger partial charge in [0.25, 0.3) is 0 Å². The van der Waals surface area contributed by atoms with Crippen LogP contribution in [0.5, 0.6) is 0 Å². The van der Waals surface area contributed by atoms with Gasteiger partial charge in [-0.2, -0.15) is 5.26 Å². The molecule has 6 rings (SSSR count). The van der Waals surface area contributed by atoms with Crippen LogP contribution in [-0.2, 0) is 6.42 Å². The number of nitriles is 1. The molecule has 0 bridgehead atoms. The van der Waals surface area contributed by atoms with Gasteiger partial charge in [-0.15, -0.1) is 0 Å². The van der Waals surface area contributed by atoms with E-state index in [4.69, 9.17) is 28.9 Å². The summed E-state index contributed by atoms with van der Waals surface area (Å²) in [6, 6.07) is 13.9. The lowest BCUT2D eigenvalue weighted by molar-refractivity contribution is 0.186. The zero-order chi connectivity index (χ0) is 24.2. The second-order valence-electron chi connectivity index (χ2n) is 9.18. The van der Waals surface area contributed by atoms with E-state index in [0.29, 0.717) is 15.6 Å². The highest BCUT2D eigenvalue weighted by molar-refractivity contribution is 7.99. The van der Waals surface area contributed by atoms with Crippen LogP contribution in [0.2, 0.25) is 10.0 Å². The molecule has 1 spiro atoms. The molecule has 0 saturated carbocycles. The molecule has 1 aliphatic heterocycles. The van der Waals surface area contributed by atoms with E-state index in [1.165, 1.54) is 17.3 Å². The number of fused-ring (bicyclic) bond motifs is 2. The summed E-state index contributed by atoms with van der Waals surface area (Å²) in [4.78, 5) is 13.1. The molecule has 9 heteroatoms.